The minimum Gasteiger partial charge on any atom is -0.462 e. The molecule has 0 heterocycles. The van der Waals surface area contributed by atoms with Gasteiger partial charge in [0, 0.05) is 12.8 Å². The average Bonchev–Trinajstić information content (AvgIpc) is 3.11. The zero-order valence-electron chi connectivity index (χ0n) is 36.4. The van der Waals surface area contributed by atoms with E-state index in [-0.39, 0.29) is 19.3 Å². The zero-order chi connectivity index (χ0) is 41.5. The summed E-state index contributed by atoms with van der Waals surface area (Å²) < 4.78 is 73.3. The van der Waals surface area contributed by atoms with Crippen molar-refractivity contribution in [3.8, 4) is 0 Å². The van der Waals surface area contributed by atoms with Crippen LogP contribution in [-0.2, 0) is 32.7 Å². The molecule has 0 rings (SSSR count). The molecule has 3 N–H and O–H groups in total. The van der Waals surface area contributed by atoms with Crippen LogP contribution >= 0.6 is 7.82 Å². The molecule has 11 heteroatoms. The minimum absolute atomic E-state index is 0.249. The Hall–Kier alpha value is -1.29. The molecule has 0 fully saturated rings. The van der Waals surface area contributed by atoms with Crippen LogP contribution in [0.25, 0.3) is 0 Å². The van der Waals surface area contributed by atoms with Crippen LogP contribution in [0.5, 0.6) is 0 Å². The van der Waals surface area contributed by atoms with Crippen molar-refractivity contribution in [2.45, 2.75) is 199 Å². The van der Waals surface area contributed by atoms with Crippen LogP contribution in [0.1, 0.15) is 194 Å². The molecule has 0 saturated carbocycles. The van der Waals surface area contributed by atoms with Gasteiger partial charge in [-0.2, -0.15) is 0 Å². The van der Waals surface area contributed by atoms with E-state index in [0.29, 0.717) is 19.3 Å². The van der Waals surface area contributed by atoms with Crippen molar-refractivity contribution in [3.63, 3.8) is 0 Å². The van der Waals surface area contributed by atoms with Gasteiger partial charge in [0.1, 0.15) is 12.7 Å². The van der Waals surface area contributed by atoms with Crippen molar-refractivity contribution in [2.24, 2.45) is 0 Å². The van der Waals surface area contributed by atoms with Gasteiger partial charge in [0.25, 0.3) is 0 Å². The molecule has 0 aromatic rings. The summed E-state index contributed by atoms with van der Waals surface area (Å²) in [7, 11) is -5.49. The van der Waals surface area contributed by atoms with Crippen LogP contribution in [0.15, 0.2) is 12.2 Å². The lowest BCUT2D eigenvalue weighted by Gasteiger charge is -2.20. The second-order valence-corrected chi connectivity index (χ2v) is 14.5. The third kappa shape index (κ3) is 35.1. The Kier molecular flexibility index (Phi) is 28.8. The van der Waals surface area contributed by atoms with Gasteiger partial charge >= 0.3 is 19.8 Å². The van der Waals surface area contributed by atoms with Crippen molar-refractivity contribution in [3.05, 3.63) is 12.2 Å². The molecule has 0 bridgehead atoms. The third-order valence-corrected chi connectivity index (χ3v) is 9.04. The number of aliphatic hydroxyl groups is 2. The Morgan fingerprint density at radius 1 is 0.660 bits per heavy atom. The van der Waals surface area contributed by atoms with Gasteiger partial charge in [-0.05, 0) is 38.5 Å². The number of aliphatic hydroxyl groups excluding tert-OH is 2. The van der Waals surface area contributed by atoms with Gasteiger partial charge in [-0.3, -0.25) is 18.6 Å². The van der Waals surface area contributed by atoms with E-state index in [4.69, 9.17) is 21.4 Å². The second-order valence-electron chi connectivity index (χ2n) is 13.1. The molecule has 0 aliphatic carbocycles. The minimum atomic E-state index is -5.49. The van der Waals surface area contributed by atoms with Crippen LogP contribution in [0.2, 0.25) is 0 Å². The number of hydrogen-bond donors (Lipinski definition) is 3. The molecule has 0 radical (unpaired) electrons. The number of unbranched alkanes of at least 4 members (excludes halogenated alkanes) is 22. The van der Waals surface area contributed by atoms with E-state index in [1.807, 2.05) is 0 Å². The van der Waals surface area contributed by atoms with Crippen molar-refractivity contribution in [1.29, 1.82) is 0 Å². The highest BCUT2D eigenvalue weighted by Crippen LogP contribution is 2.43. The third-order valence-electron chi connectivity index (χ3n) is 8.25. The zero-order valence-corrected chi connectivity index (χ0v) is 32.3. The fourth-order valence-electron chi connectivity index (χ4n) is 5.19. The summed E-state index contributed by atoms with van der Waals surface area (Å²) in [6.45, 7) is -5.04. The van der Waals surface area contributed by atoms with Crippen molar-refractivity contribution < 1.29 is 54.6 Å². The standard InChI is InChI=1S/C39H75O10P/c1-3-5-7-9-11-13-15-17-19-20-22-24-26-28-30-38(42)46-34-37(35-48-50(44,45)47-33-36(41)32-40)49-39(43)31-29-27-25-23-21-18-16-14-12-10-8-6-4-2/h14,16,36-37,40-41H,3-13,15,17-35H2,1-2H3,(H,44,45)/b16-14+/t36?,37-/m1/s1/i34D2,35D2,37D. The Balaban J connectivity index is 5.09. The van der Waals surface area contributed by atoms with E-state index in [9.17, 15) is 24.2 Å². The van der Waals surface area contributed by atoms with Crippen LogP contribution in [0.4, 0.5) is 0 Å². The SMILES string of the molecule is [2H]C([2H])(OC(=O)CCCCCCCCCCCCCCCC)[C@@]([2H])(OC(=O)CCCCCCC/C=C/CCCCCC)C([2H])([2H])OP(=O)(O)OCC(O)CO. The summed E-state index contributed by atoms with van der Waals surface area (Å²) in [5, 5.41) is 18.4. The first-order chi connectivity index (χ1) is 26.1. The number of phosphoric acid groups is 1. The molecule has 0 spiro atoms. The van der Waals surface area contributed by atoms with Crippen LogP contribution in [0.3, 0.4) is 0 Å². The number of ether oxygens (including phenoxy) is 2. The van der Waals surface area contributed by atoms with E-state index in [2.05, 4.69) is 35.0 Å². The smallest absolute Gasteiger partial charge is 0.462 e. The first-order valence-corrected chi connectivity index (χ1v) is 21.1. The molecule has 0 aliphatic heterocycles. The summed E-state index contributed by atoms with van der Waals surface area (Å²) in [5.74, 6) is -2.32. The number of hydrogen-bond acceptors (Lipinski definition) is 9. The van der Waals surface area contributed by atoms with Gasteiger partial charge in [0.2, 0.25) is 0 Å². The molecule has 2 unspecified atom stereocenters. The molecule has 50 heavy (non-hydrogen) atoms. The van der Waals surface area contributed by atoms with E-state index < -0.39 is 58.3 Å². The molecular formula is C39H75O10P. The number of carbonyl (C=O) groups excluding carboxylic acids is 2. The quantitative estimate of drug-likeness (QED) is 0.0242. The molecule has 3 atom stereocenters. The Bertz CT molecular complexity index is 1070. The summed E-state index contributed by atoms with van der Waals surface area (Å²) >= 11 is 0. The first-order valence-electron chi connectivity index (χ1n) is 22.1. The molecule has 0 aromatic heterocycles. The highest BCUT2D eigenvalue weighted by Gasteiger charge is 2.27. The number of allylic oxidation sites excluding steroid dienone is 2. The molecule has 0 aromatic carbocycles. The van der Waals surface area contributed by atoms with Crippen molar-refractivity contribution in [2.75, 3.05) is 26.3 Å². The molecule has 0 amide bonds. The molecule has 296 valence electrons. The molecular weight excluding hydrogens is 659 g/mol. The molecule has 0 saturated heterocycles. The topological polar surface area (TPSA) is 149 Å². The maximum absolute atomic E-state index is 12.9. The molecule has 10 nitrogen and oxygen atoms in total. The summed E-state index contributed by atoms with van der Waals surface area (Å²) in [6, 6.07) is 0. The van der Waals surface area contributed by atoms with E-state index >= 15 is 0 Å². The number of carbonyl (C=O) groups is 2. The van der Waals surface area contributed by atoms with Gasteiger partial charge in [-0.1, -0.05) is 148 Å². The van der Waals surface area contributed by atoms with Gasteiger partial charge in [0.05, 0.1) is 26.6 Å². The predicted octanol–water partition coefficient (Wildman–Crippen LogP) is 10.1. The fraction of sp³-hybridized carbons (Fsp3) is 0.897. The van der Waals surface area contributed by atoms with Gasteiger partial charge < -0.3 is 24.6 Å². The van der Waals surface area contributed by atoms with E-state index in [1.54, 1.807) is 0 Å². The average molecular weight is 740 g/mol. The summed E-state index contributed by atoms with van der Waals surface area (Å²) in [5.41, 5.74) is 0. The lowest BCUT2D eigenvalue weighted by Crippen LogP contribution is -2.29. The highest BCUT2D eigenvalue weighted by atomic mass is 31.2. The monoisotopic (exact) mass is 740 g/mol. The lowest BCUT2D eigenvalue weighted by molar-refractivity contribution is -0.161. The van der Waals surface area contributed by atoms with E-state index in [0.717, 1.165) is 57.8 Å². The van der Waals surface area contributed by atoms with Crippen LogP contribution in [0, 0.1) is 0 Å². The maximum atomic E-state index is 12.9. The van der Waals surface area contributed by atoms with Crippen molar-refractivity contribution in [1.82, 2.24) is 0 Å². The summed E-state index contributed by atoms with van der Waals surface area (Å²) in [4.78, 5) is 35.7. The van der Waals surface area contributed by atoms with Gasteiger partial charge in [-0.25, -0.2) is 4.57 Å². The number of rotatable bonds is 38. The summed E-state index contributed by atoms with van der Waals surface area (Å²) in [6.07, 6.45) is 24.2. The number of phosphoric ester groups is 1. The highest BCUT2D eigenvalue weighted by molar-refractivity contribution is 7.47. The second kappa shape index (κ2) is 36.1. The Morgan fingerprint density at radius 2 is 1.08 bits per heavy atom. The first kappa shape index (κ1) is 39.9. The predicted molar refractivity (Wildman–Crippen MR) is 201 cm³/mol. The van der Waals surface area contributed by atoms with Gasteiger partial charge in [0.15, 0.2) is 6.08 Å². The van der Waals surface area contributed by atoms with Crippen molar-refractivity contribution >= 4 is 19.8 Å². The normalized spacial score (nSPS) is 16.8. The lowest BCUT2D eigenvalue weighted by atomic mass is 10.0. The van der Waals surface area contributed by atoms with Gasteiger partial charge in [-0.15, -0.1) is 0 Å². The van der Waals surface area contributed by atoms with Crippen LogP contribution in [-0.4, -0.2) is 65.6 Å². The molecule has 0 aliphatic rings. The Labute approximate surface area is 312 Å². The largest absolute Gasteiger partial charge is 0.472 e. The number of esters is 2. The maximum Gasteiger partial charge on any atom is 0.472 e. The Morgan fingerprint density at radius 3 is 1.56 bits per heavy atom. The fourth-order valence-corrected chi connectivity index (χ4v) is 5.80. The van der Waals surface area contributed by atoms with Crippen LogP contribution < -0.4 is 0 Å². The van der Waals surface area contributed by atoms with E-state index in [1.165, 1.54) is 77.0 Å².